The van der Waals surface area contributed by atoms with E-state index in [0.717, 1.165) is 5.56 Å². The Morgan fingerprint density at radius 2 is 1.67 bits per heavy atom. The van der Waals surface area contributed by atoms with Crippen molar-refractivity contribution in [3.63, 3.8) is 0 Å². The third kappa shape index (κ3) is 9.58. The highest BCUT2D eigenvalue weighted by molar-refractivity contribution is 6.01. The molecule has 1 aromatic rings. The van der Waals surface area contributed by atoms with Gasteiger partial charge >= 0.3 is 18.2 Å². The molecule has 0 spiro atoms. The molecule has 11 nitrogen and oxygen atoms in total. The quantitative estimate of drug-likeness (QED) is 0.419. The number of ether oxygens (including phenoxy) is 2. The van der Waals surface area contributed by atoms with Crippen LogP contribution in [0.3, 0.4) is 0 Å². The van der Waals surface area contributed by atoms with E-state index in [1.54, 1.807) is 20.8 Å². The molecule has 4 amide bonds. The van der Waals surface area contributed by atoms with Crippen molar-refractivity contribution < 1.29 is 38.3 Å². The van der Waals surface area contributed by atoms with Crippen LogP contribution in [0.25, 0.3) is 0 Å². The molecule has 1 aliphatic heterocycles. The van der Waals surface area contributed by atoms with Crippen LogP contribution in [0.4, 0.5) is 9.59 Å². The van der Waals surface area contributed by atoms with Gasteiger partial charge in [-0.15, -0.1) is 5.06 Å². The summed E-state index contributed by atoms with van der Waals surface area (Å²) >= 11 is 0. The Labute approximate surface area is 191 Å². The predicted octanol–water partition coefficient (Wildman–Crippen LogP) is 2.19. The molecule has 1 unspecified atom stereocenters. The molecule has 33 heavy (non-hydrogen) atoms. The van der Waals surface area contributed by atoms with Gasteiger partial charge in [-0.1, -0.05) is 30.3 Å². The average Bonchev–Trinajstić information content (AvgIpc) is 3.05. The lowest BCUT2D eigenvalue weighted by Gasteiger charge is -2.24. The standard InChI is InChI=1S/C22H29N3O8/c1-22(2,3)32-21(30)24-16(9-12-19(28)31-14-15-7-5-4-6-8-15)13-23-20(29)33-25-17(26)10-11-18(25)27/h4-8,16H,9-14H2,1-3H3,(H,23,29)(H,24,30). The molecule has 1 saturated heterocycles. The summed E-state index contributed by atoms with van der Waals surface area (Å²) in [5.41, 5.74) is 0.0937. The van der Waals surface area contributed by atoms with Crippen LogP contribution >= 0.6 is 0 Å². The Kier molecular flexibility index (Phi) is 9.19. The summed E-state index contributed by atoms with van der Waals surface area (Å²) in [6.07, 6.45) is -1.73. The highest BCUT2D eigenvalue weighted by Crippen LogP contribution is 2.12. The Morgan fingerprint density at radius 1 is 1.03 bits per heavy atom. The van der Waals surface area contributed by atoms with Crippen LogP contribution in [0.1, 0.15) is 52.0 Å². The van der Waals surface area contributed by atoms with Gasteiger partial charge in [0.1, 0.15) is 12.2 Å². The minimum Gasteiger partial charge on any atom is -0.461 e. The van der Waals surface area contributed by atoms with Gasteiger partial charge in [-0.25, -0.2) is 9.59 Å². The molecule has 1 fully saturated rings. The Balaban J connectivity index is 1.86. The lowest BCUT2D eigenvalue weighted by atomic mass is 10.1. The molecular weight excluding hydrogens is 434 g/mol. The summed E-state index contributed by atoms with van der Waals surface area (Å²) < 4.78 is 10.4. The zero-order chi connectivity index (χ0) is 24.4. The molecule has 0 aliphatic carbocycles. The van der Waals surface area contributed by atoms with Crippen LogP contribution in [-0.2, 0) is 35.3 Å². The van der Waals surface area contributed by atoms with Crippen molar-refractivity contribution in [2.24, 2.45) is 0 Å². The molecule has 2 rings (SSSR count). The zero-order valence-electron chi connectivity index (χ0n) is 18.9. The molecular formula is C22H29N3O8. The molecule has 0 bridgehead atoms. The van der Waals surface area contributed by atoms with Crippen molar-refractivity contribution in [3.8, 4) is 0 Å². The maximum Gasteiger partial charge on any atom is 0.432 e. The number of alkyl carbamates (subject to hydrolysis) is 1. The third-order valence-corrected chi connectivity index (χ3v) is 4.33. The normalized spacial score (nSPS) is 14.5. The third-order valence-electron chi connectivity index (χ3n) is 4.33. The lowest BCUT2D eigenvalue weighted by Crippen LogP contribution is -2.47. The van der Waals surface area contributed by atoms with E-state index < -0.39 is 41.6 Å². The summed E-state index contributed by atoms with van der Waals surface area (Å²) in [5, 5.41) is 5.36. The summed E-state index contributed by atoms with van der Waals surface area (Å²) in [6, 6.07) is 8.46. The first-order chi connectivity index (χ1) is 15.5. The smallest absolute Gasteiger partial charge is 0.432 e. The molecule has 0 aromatic heterocycles. The lowest BCUT2D eigenvalue weighted by molar-refractivity contribution is -0.171. The van der Waals surface area contributed by atoms with Gasteiger partial charge in [0.05, 0.1) is 6.04 Å². The molecule has 0 saturated carbocycles. The number of carbonyl (C=O) groups excluding carboxylic acids is 5. The van der Waals surface area contributed by atoms with Crippen LogP contribution in [0.15, 0.2) is 30.3 Å². The van der Waals surface area contributed by atoms with Gasteiger partial charge in [0.25, 0.3) is 11.8 Å². The maximum absolute atomic E-state index is 12.1. The van der Waals surface area contributed by atoms with Crippen LogP contribution in [-0.4, -0.2) is 53.2 Å². The number of nitrogens with zero attached hydrogens (tertiary/aromatic N) is 1. The van der Waals surface area contributed by atoms with Crippen LogP contribution in [0.5, 0.6) is 0 Å². The molecule has 1 atom stereocenters. The number of hydrogen-bond acceptors (Lipinski definition) is 8. The summed E-state index contributed by atoms with van der Waals surface area (Å²) in [4.78, 5) is 64.1. The number of esters is 1. The molecule has 180 valence electrons. The second-order valence-corrected chi connectivity index (χ2v) is 8.37. The number of hydroxylamine groups is 2. The van der Waals surface area contributed by atoms with E-state index in [9.17, 15) is 24.0 Å². The first-order valence-corrected chi connectivity index (χ1v) is 10.5. The molecule has 0 radical (unpaired) electrons. The van der Waals surface area contributed by atoms with E-state index in [4.69, 9.17) is 14.3 Å². The first kappa shape index (κ1) is 25.6. The van der Waals surface area contributed by atoms with Crippen molar-refractivity contribution in [1.29, 1.82) is 0 Å². The maximum atomic E-state index is 12.1. The second kappa shape index (κ2) is 11.8. The number of benzene rings is 1. The number of rotatable bonds is 9. The van der Waals surface area contributed by atoms with Gasteiger partial charge in [0.2, 0.25) is 0 Å². The summed E-state index contributed by atoms with van der Waals surface area (Å²) in [6.45, 7) is 5.07. The number of amides is 4. The van der Waals surface area contributed by atoms with Crippen molar-refractivity contribution in [3.05, 3.63) is 35.9 Å². The van der Waals surface area contributed by atoms with Crippen LogP contribution < -0.4 is 10.6 Å². The van der Waals surface area contributed by atoms with Gasteiger partial charge < -0.3 is 24.9 Å². The van der Waals surface area contributed by atoms with E-state index in [1.807, 2.05) is 30.3 Å². The van der Waals surface area contributed by atoms with Gasteiger partial charge in [-0.2, -0.15) is 0 Å². The van der Waals surface area contributed by atoms with Crippen molar-refractivity contribution in [2.45, 2.75) is 64.7 Å². The van der Waals surface area contributed by atoms with Gasteiger partial charge in [0.15, 0.2) is 0 Å². The van der Waals surface area contributed by atoms with E-state index in [1.165, 1.54) is 0 Å². The van der Waals surface area contributed by atoms with Crippen molar-refractivity contribution in [1.82, 2.24) is 15.7 Å². The molecule has 1 heterocycles. The second-order valence-electron chi connectivity index (χ2n) is 8.37. The Hall–Kier alpha value is -3.63. The van der Waals surface area contributed by atoms with Crippen molar-refractivity contribution in [2.75, 3.05) is 6.54 Å². The highest BCUT2D eigenvalue weighted by Gasteiger charge is 2.33. The fourth-order valence-corrected chi connectivity index (χ4v) is 2.78. The number of carbonyl (C=O) groups is 5. The predicted molar refractivity (Wildman–Crippen MR) is 114 cm³/mol. The van der Waals surface area contributed by atoms with Crippen LogP contribution in [0, 0.1) is 0 Å². The molecule has 11 heteroatoms. The average molecular weight is 463 g/mol. The number of nitrogens with one attached hydrogen (secondary N) is 2. The number of hydrogen-bond donors (Lipinski definition) is 2. The van der Waals surface area contributed by atoms with Crippen LogP contribution in [0.2, 0.25) is 0 Å². The minimum absolute atomic E-state index is 0.0277. The monoisotopic (exact) mass is 463 g/mol. The van der Waals surface area contributed by atoms with E-state index in [-0.39, 0.29) is 38.8 Å². The largest absolute Gasteiger partial charge is 0.461 e. The summed E-state index contributed by atoms with van der Waals surface area (Å²) in [5.74, 6) is -1.70. The summed E-state index contributed by atoms with van der Waals surface area (Å²) in [7, 11) is 0. The molecule has 1 aromatic carbocycles. The van der Waals surface area contributed by atoms with E-state index >= 15 is 0 Å². The topological polar surface area (TPSA) is 140 Å². The molecule has 2 N–H and O–H groups in total. The highest BCUT2D eigenvalue weighted by atomic mass is 16.7. The Morgan fingerprint density at radius 3 is 2.27 bits per heavy atom. The van der Waals surface area contributed by atoms with E-state index in [0.29, 0.717) is 5.06 Å². The van der Waals surface area contributed by atoms with Gasteiger partial charge in [-0.3, -0.25) is 14.4 Å². The zero-order valence-corrected chi connectivity index (χ0v) is 18.9. The SMILES string of the molecule is CC(C)(C)OC(=O)NC(CCC(=O)OCc1ccccc1)CNC(=O)ON1C(=O)CCC1=O. The van der Waals surface area contributed by atoms with E-state index in [2.05, 4.69) is 10.6 Å². The van der Waals surface area contributed by atoms with Crippen molar-refractivity contribution >= 4 is 30.0 Å². The fraction of sp³-hybridized carbons (Fsp3) is 0.500. The Bertz CT molecular complexity index is 850. The van der Waals surface area contributed by atoms with Gasteiger partial charge in [0, 0.05) is 25.8 Å². The number of imide groups is 1. The fourth-order valence-electron chi connectivity index (χ4n) is 2.78. The molecule has 1 aliphatic rings. The minimum atomic E-state index is -1.04. The first-order valence-electron chi connectivity index (χ1n) is 10.5. The van der Waals surface area contributed by atoms with Gasteiger partial charge in [-0.05, 0) is 32.8 Å².